The van der Waals surface area contributed by atoms with Crippen molar-refractivity contribution in [1.82, 2.24) is 9.88 Å². The summed E-state index contributed by atoms with van der Waals surface area (Å²) in [4.78, 5) is 21.7. The Hall–Kier alpha value is -1.57. The van der Waals surface area contributed by atoms with Crippen molar-refractivity contribution in [1.29, 1.82) is 0 Å². The van der Waals surface area contributed by atoms with Gasteiger partial charge >= 0.3 is 0 Å². The van der Waals surface area contributed by atoms with Crippen LogP contribution in [-0.2, 0) is 0 Å². The number of nitrogens with zero attached hydrogens (tertiary/aromatic N) is 3. The van der Waals surface area contributed by atoms with Crippen molar-refractivity contribution in [3.63, 3.8) is 0 Å². The van der Waals surface area contributed by atoms with E-state index in [0.717, 1.165) is 15.8 Å². The van der Waals surface area contributed by atoms with Crippen LogP contribution in [0.25, 0.3) is 10.2 Å². The van der Waals surface area contributed by atoms with E-state index >= 15 is 0 Å². The summed E-state index contributed by atoms with van der Waals surface area (Å²) in [6.07, 6.45) is 0. The lowest BCUT2D eigenvalue weighted by Crippen LogP contribution is -2.36. The number of aryl methyl sites for hydroxylation is 1. The third-order valence-corrected chi connectivity index (χ3v) is 6.08. The highest BCUT2D eigenvalue weighted by molar-refractivity contribution is 7.22. The summed E-state index contributed by atoms with van der Waals surface area (Å²) in [6, 6.07) is 8.77. The molecule has 2 aromatic carbocycles. The molecule has 3 aromatic rings. The summed E-state index contributed by atoms with van der Waals surface area (Å²) in [5, 5.41) is 1.42. The molecule has 0 atom stereocenters. The van der Waals surface area contributed by atoms with E-state index in [1.807, 2.05) is 38.1 Å². The fourth-order valence-corrected chi connectivity index (χ4v) is 4.34. The molecule has 0 fully saturated rings. The van der Waals surface area contributed by atoms with Crippen LogP contribution in [0.5, 0.6) is 5.75 Å². The van der Waals surface area contributed by atoms with Gasteiger partial charge in [0.2, 0.25) is 0 Å². The maximum atomic E-state index is 13.3. The molecule has 9 heteroatoms. The van der Waals surface area contributed by atoms with Gasteiger partial charge in [0.1, 0.15) is 11.3 Å². The number of hydrogen-bond donors (Lipinski definition) is 0. The number of halogens is 3. The summed E-state index contributed by atoms with van der Waals surface area (Å²) >= 11 is 13.7. The number of likely N-dealkylation sites (N-methyl/N-ethyl adjacent to an activating group) is 1. The molecule has 1 amide bonds. The standard InChI is InChI=1S/C20H21Cl2N3O2S.ClH/c1-12-5-8-16(27-4)17-18(12)28-20(23-17)25(10-9-24(2)3)19(26)14-7-6-13(21)11-15(14)22;/h5-8,11H,9-10H2,1-4H3;1H. The largest absolute Gasteiger partial charge is 0.494 e. The first-order chi connectivity index (χ1) is 13.3. The van der Waals surface area contributed by atoms with E-state index in [0.29, 0.717) is 39.6 Å². The van der Waals surface area contributed by atoms with Crippen molar-refractivity contribution in [2.75, 3.05) is 39.2 Å². The monoisotopic (exact) mass is 473 g/mol. The van der Waals surface area contributed by atoms with E-state index in [-0.39, 0.29) is 18.3 Å². The second kappa shape index (κ2) is 9.96. The van der Waals surface area contributed by atoms with Crippen molar-refractivity contribution < 1.29 is 9.53 Å². The van der Waals surface area contributed by atoms with Crippen LogP contribution in [0.1, 0.15) is 15.9 Å². The van der Waals surface area contributed by atoms with Crippen molar-refractivity contribution in [2.24, 2.45) is 0 Å². The molecule has 3 rings (SSSR count). The average molecular weight is 475 g/mol. The zero-order valence-electron chi connectivity index (χ0n) is 16.5. The van der Waals surface area contributed by atoms with Gasteiger partial charge in [-0.1, -0.05) is 40.6 Å². The Labute approximate surface area is 190 Å². The minimum Gasteiger partial charge on any atom is -0.494 e. The number of ether oxygens (including phenoxy) is 1. The Balaban J connectivity index is 0.00000300. The Morgan fingerprint density at radius 3 is 2.52 bits per heavy atom. The number of fused-ring (bicyclic) bond motifs is 1. The number of thiazole rings is 1. The number of aromatic nitrogens is 1. The minimum absolute atomic E-state index is 0. The van der Waals surface area contributed by atoms with Gasteiger partial charge < -0.3 is 9.64 Å². The SMILES string of the molecule is COc1ccc(C)c2sc(N(CCN(C)C)C(=O)c3ccc(Cl)cc3Cl)nc12.Cl. The minimum atomic E-state index is -0.209. The van der Waals surface area contributed by atoms with E-state index in [9.17, 15) is 4.79 Å². The van der Waals surface area contributed by atoms with Crippen molar-refractivity contribution >= 4 is 68.2 Å². The molecule has 5 nitrogen and oxygen atoms in total. The van der Waals surface area contributed by atoms with Crippen LogP contribution in [0.4, 0.5) is 5.13 Å². The Morgan fingerprint density at radius 1 is 1.17 bits per heavy atom. The van der Waals surface area contributed by atoms with Crippen LogP contribution < -0.4 is 9.64 Å². The van der Waals surface area contributed by atoms with Crippen LogP contribution in [0.3, 0.4) is 0 Å². The first-order valence-corrected chi connectivity index (χ1v) is 10.2. The zero-order valence-corrected chi connectivity index (χ0v) is 19.7. The Kier molecular flexibility index (Phi) is 8.14. The van der Waals surface area contributed by atoms with Gasteiger partial charge in [-0.2, -0.15) is 0 Å². The third kappa shape index (κ3) is 5.13. The van der Waals surface area contributed by atoms with E-state index in [1.54, 1.807) is 30.2 Å². The van der Waals surface area contributed by atoms with E-state index < -0.39 is 0 Å². The molecule has 0 unspecified atom stereocenters. The van der Waals surface area contributed by atoms with Crippen molar-refractivity contribution in [3.8, 4) is 5.75 Å². The molecule has 0 radical (unpaired) electrons. The molecule has 0 bridgehead atoms. The molecule has 0 N–H and O–H groups in total. The molecule has 0 spiro atoms. The van der Waals surface area contributed by atoms with Gasteiger partial charge in [0.05, 0.1) is 22.4 Å². The molecular weight excluding hydrogens is 453 g/mol. The predicted molar refractivity (Wildman–Crippen MR) is 125 cm³/mol. The van der Waals surface area contributed by atoms with Crippen molar-refractivity contribution in [3.05, 3.63) is 51.5 Å². The highest BCUT2D eigenvalue weighted by Gasteiger charge is 2.24. The van der Waals surface area contributed by atoms with Gasteiger partial charge in [0.15, 0.2) is 5.13 Å². The summed E-state index contributed by atoms with van der Waals surface area (Å²) in [5.74, 6) is 0.479. The average Bonchev–Trinajstić information content (AvgIpc) is 3.08. The Morgan fingerprint density at radius 2 is 1.90 bits per heavy atom. The maximum absolute atomic E-state index is 13.3. The van der Waals surface area contributed by atoms with Crippen LogP contribution >= 0.6 is 46.9 Å². The number of amides is 1. The second-order valence-electron chi connectivity index (χ2n) is 6.64. The lowest BCUT2D eigenvalue weighted by molar-refractivity contribution is 0.0985. The Bertz CT molecular complexity index is 1020. The summed E-state index contributed by atoms with van der Waals surface area (Å²) in [7, 11) is 5.54. The first kappa shape index (κ1) is 23.7. The zero-order chi connectivity index (χ0) is 20.4. The molecular formula is C20H22Cl3N3O2S. The highest BCUT2D eigenvalue weighted by atomic mass is 35.5. The number of rotatable bonds is 6. The molecule has 0 saturated heterocycles. The van der Waals surface area contributed by atoms with E-state index in [2.05, 4.69) is 0 Å². The quantitative estimate of drug-likeness (QED) is 0.470. The lowest BCUT2D eigenvalue weighted by atomic mass is 10.2. The molecule has 0 aliphatic carbocycles. The maximum Gasteiger partial charge on any atom is 0.261 e. The normalized spacial score (nSPS) is 10.9. The van der Waals surface area contributed by atoms with Crippen LogP contribution in [0, 0.1) is 6.92 Å². The second-order valence-corrected chi connectivity index (χ2v) is 8.46. The molecule has 1 heterocycles. The number of methoxy groups -OCH3 is 1. The molecule has 0 saturated carbocycles. The van der Waals surface area contributed by atoms with Gasteiger partial charge in [-0.15, -0.1) is 12.4 Å². The highest BCUT2D eigenvalue weighted by Crippen LogP contribution is 2.37. The van der Waals surface area contributed by atoms with E-state index in [1.165, 1.54) is 11.3 Å². The number of carbonyl (C=O) groups is 1. The van der Waals surface area contributed by atoms with Crippen LogP contribution in [0.2, 0.25) is 10.0 Å². The summed E-state index contributed by atoms with van der Waals surface area (Å²) in [5.41, 5.74) is 2.24. The lowest BCUT2D eigenvalue weighted by Gasteiger charge is -2.22. The molecule has 29 heavy (non-hydrogen) atoms. The number of anilines is 1. The molecule has 156 valence electrons. The predicted octanol–water partition coefficient (Wildman–Crippen LogP) is 5.55. The third-order valence-electron chi connectivity index (χ3n) is 4.32. The number of carbonyl (C=O) groups excluding carboxylic acids is 1. The van der Waals surface area contributed by atoms with Gasteiger partial charge in [-0.05, 0) is 50.8 Å². The van der Waals surface area contributed by atoms with Gasteiger partial charge in [-0.25, -0.2) is 4.98 Å². The fourth-order valence-electron chi connectivity index (χ4n) is 2.77. The van der Waals surface area contributed by atoms with Gasteiger partial charge in [-0.3, -0.25) is 9.69 Å². The first-order valence-electron chi connectivity index (χ1n) is 8.67. The molecule has 1 aromatic heterocycles. The number of hydrogen-bond acceptors (Lipinski definition) is 5. The van der Waals surface area contributed by atoms with Crippen LogP contribution in [0.15, 0.2) is 30.3 Å². The van der Waals surface area contributed by atoms with E-state index in [4.69, 9.17) is 32.9 Å². The fraction of sp³-hybridized carbons (Fsp3) is 0.300. The molecule has 0 aliphatic heterocycles. The van der Waals surface area contributed by atoms with Gasteiger partial charge in [0, 0.05) is 18.1 Å². The summed E-state index contributed by atoms with van der Waals surface area (Å²) < 4.78 is 6.45. The van der Waals surface area contributed by atoms with Crippen LogP contribution in [-0.4, -0.2) is 50.1 Å². The molecule has 0 aliphatic rings. The summed E-state index contributed by atoms with van der Waals surface area (Å²) in [6.45, 7) is 3.18. The van der Waals surface area contributed by atoms with Gasteiger partial charge in [0.25, 0.3) is 5.91 Å². The van der Waals surface area contributed by atoms with Crippen molar-refractivity contribution in [2.45, 2.75) is 6.92 Å². The number of benzene rings is 2. The smallest absolute Gasteiger partial charge is 0.261 e. The topological polar surface area (TPSA) is 45.7 Å².